The summed E-state index contributed by atoms with van der Waals surface area (Å²) in [4.78, 5) is 2.76. The van der Waals surface area contributed by atoms with E-state index in [0.717, 1.165) is 18.0 Å². The fourth-order valence-electron chi connectivity index (χ4n) is 3.50. The predicted octanol–water partition coefficient (Wildman–Crippen LogP) is 5.80. The maximum Gasteiger partial charge on any atom is 0.0598 e. The first-order valence-corrected chi connectivity index (χ1v) is 8.72. The largest absolute Gasteiger partial charge is 0.295 e. The Hall–Kier alpha value is -0.500. The maximum absolute atomic E-state index is 6.07. The molecular weight excluding hydrogens is 301 g/mol. The lowest BCUT2D eigenvalue weighted by Gasteiger charge is -2.45. The summed E-state index contributed by atoms with van der Waals surface area (Å²) in [6.45, 7) is 3.71. The number of benzene rings is 1. The summed E-state index contributed by atoms with van der Waals surface area (Å²) in [6, 6.07) is 6.67. The van der Waals surface area contributed by atoms with Crippen LogP contribution >= 0.6 is 23.2 Å². The Labute approximate surface area is 137 Å². The van der Waals surface area contributed by atoms with Crippen LogP contribution in [0.4, 0.5) is 0 Å². The van der Waals surface area contributed by atoms with Gasteiger partial charge in [-0.2, -0.15) is 0 Å². The highest BCUT2D eigenvalue weighted by Gasteiger charge is 2.41. The van der Waals surface area contributed by atoms with Gasteiger partial charge in [0.2, 0.25) is 0 Å². The standard InChI is InChI=1S/C18H23Cl2N/c1-18(10-2-3-12-21(18)15-7-8-15)11-4-5-14-6-9-16(19)17(20)13-14/h4-6,9,13,15H,2-3,7-8,10-12H2,1H3/b5-4+. The highest BCUT2D eigenvalue weighted by molar-refractivity contribution is 6.42. The highest BCUT2D eigenvalue weighted by atomic mass is 35.5. The van der Waals surface area contributed by atoms with Crippen molar-refractivity contribution in [2.75, 3.05) is 6.54 Å². The van der Waals surface area contributed by atoms with Crippen molar-refractivity contribution in [3.8, 4) is 0 Å². The number of hydrogen-bond donors (Lipinski definition) is 0. The van der Waals surface area contributed by atoms with E-state index in [4.69, 9.17) is 23.2 Å². The van der Waals surface area contributed by atoms with E-state index < -0.39 is 0 Å². The van der Waals surface area contributed by atoms with Crippen LogP contribution in [0.3, 0.4) is 0 Å². The minimum absolute atomic E-state index is 0.339. The van der Waals surface area contributed by atoms with Gasteiger partial charge in [0.1, 0.15) is 0 Å². The molecule has 0 aromatic heterocycles. The van der Waals surface area contributed by atoms with Crippen molar-refractivity contribution in [3.63, 3.8) is 0 Å². The Balaban J connectivity index is 1.67. The molecule has 0 amide bonds. The van der Waals surface area contributed by atoms with Gasteiger partial charge in [0.05, 0.1) is 10.0 Å². The summed E-state index contributed by atoms with van der Waals surface area (Å²) in [5, 5.41) is 1.25. The quantitative estimate of drug-likeness (QED) is 0.676. The van der Waals surface area contributed by atoms with Crippen LogP contribution in [-0.2, 0) is 0 Å². The molecule has 3 rings (SSSR count). The number of rotatable bonds is 4. The third kappa shape index (κ3) is 3.64. The molecule has 1 saturated heterocycles. The van der Waals surface area contributed by atoms with E-state index in [2.05, 4.69) is 24.0 Å². The van der Waals surface area contributed by atoms with E-state index in [1.54, 1.807) is 0 Å². The fourth-order valence-corrected chi connectivity index (χ4v) is 3.80. The second kappa shape index (κ2) is 6.32. The van der Waals surface area contributed by atoms with Crippen LogP contribution in [0, 0.1) is 0 Å². The molecule has 21 heavy (non-hydrogen) atoms. The van der Waals surface area contributed by atoms with Crippen LogP contribution in [0.25, 0.3) is 6.08 Å². The van der Waals surface area contributed by atoms with Crippen LogP contribution in [0.2, 0.25) is 10.0 Å². The molecule has 1 aliphatic carbocycles. The molecular formula is C18H23Cl2N. The van der Waals surface area contributed by atoms with Gasteiger partial charge in [0.25, 0.3) is 0 Å². The normalized spacial score (nSPS) is 27.4. The number of nitrogens with zero attached hydrogens (tertiary/aromatic N) is 1. The van der Waals surface area contributed by atoms with Gasteiger partial charge in [0, 0.05) is 11.6 Å². The van der Waals surface area contributed by atoms with E-state index in [0.29, 0.717) is 15.6 Å². The second-order valence-corrected chi connectivity index (χ2v) is 7.47. The van der Waals surface area contributed by atoms with Crippen molar-refractivity contribution < 1.29 is 0 Å². The molecule has 1 unspecified atom stereocenters. The molecule has 0 N–H and O–H groups in total. The fraction of sp³-hybridized carbons (Fsp3) is 0.556. The maximum atomic E-state index is 6.07. The highest BCUT2D eigenvalue weighted by Crippen LogP contribution is 2.40. The molecule has 2 aliphatic rings. The monoisotopic (exact) mass is 323 g/mol. The first-order valence-electron chi connectivity index (χ1n) is 7.97. The van der Waals surface area contributed by atoms with Gasteiger partial charge in [-0.3, -0.25) is 4.90 Å². The van der Waals surface area contributed by atoms with Crippen LogP contribution in [0.15, 0.2) is 24.3 Å². The second-order valence-electron chi connectivity index (χ2n) is 6.66. The first kappa shape index (κ1) is 15.4. The molecule has 0 spiro atoms. The SMILES string of the molecule is CC1(C/C=C/c2ccc(Cl)c(Cl)c2)CCCCN1C1CC1. The molecule has 1 atom stereocenters. The van der Waals surface area contributed by atoms with Gasteiger partial charge in [-0.15, -0.1) is 0 Å². The van der Waals surface area contributed by atoms with E-state index in [1.807, 2.05) is 18.2 Å². The van der Waals surface area contributed by atoms with Crippen molar-refractivity contribution in [1.82, 2.24) is 4.90 Å². The van der Waals surface area contributed by atoms with Crippen molar-refractivity contribution in [3.05, 3.63) is 39.9 Å². The number of likely N-dealkylation sites (tertiary alicyclic amines) is 1. The summed E-state index contributed by atoms with van der Waals surface area (Å²) in [5.41, 5.74) is 1.47. The molecule has 0 radical (unpaired) electrons. The summed E-state index contributed by atoms with van der Waals surface area (Å²) < 4.78 is 0. The van der Waals surface area contributed by atoms with Crippen LogP contribution < -0.4 is 0 Å². The Morgan fingerprint density at radius 1 is 1.24 bits per heavy atom. The van der Waals surface area contributed by atoms with Crippen molar-refractivity contribution in [2.24, 2.45) is 0 Å². The van der Waals surface area contributed by atoms with Gasteiger partial charge in [0.15, 0.2) is 0 Å². The molecule has 0 bridgehead atoms. The average molecular weight is 324 g/mol. The van der Waals surface area contributed by atoms with E-state index in [1.165, 1.54) is 38.6 Å². The molecule has 1 heterocycles. The third-order valence-corrected chi connectivity index (χ3v) is 5.60. The molecule has 2 fully saturated rings. The lowest BCUT2D eigenvalue weighted by molar-refractivity contribution is 0.0557. The Bertz CT molecular complexity index is 536. The molecule has 1 aliphatic heterocycles. The third-order valence-electron chi connectivity index (χ3n) is 4.86. The van der Waals surface area contributed by atoms with Gasteiger partial charge >= 0.3 is 0 Å². The van der Waals surface area contributed by atoms with Crippen LogP contribution in [0.5, 0.6) is 0 Å². The molecule has 114 valence electrons. The summed E-state index contributed by atoms with van der Waals surface area (Å²) in [6.07, 6.45) is 12.4. The summed E-state index contributed by atoms with van der Waals surface area (Å²) >= 11 is 12.0. The minimum Gasteiger partial charge on any atom is -0.295 e. The smallest absolute Gasteiger partial charge is 0.0598 e. The van der Waals surface area contributed by atoms with Gasteiger partial charge in [-0.05, 0) is 63.3 Å². The summed E-state index contributed by atoms with van der Waals surface area (Å²) in [7, 11) is 0. The number of halogens is 2. The topological polar surface area (TPSA) is 3.24 Å². The average Bonchev–Trinajstić information content (AvgIpc) is 3.28. The first-order chi connectivity index (χ1) is 10.1. The van der Waals surface area contributed by atoms with Gasteiger partial charge in [-0.1, -0.05) is 47.8 Å². The molecule has 1 nitrogen and oxygen atoms in total. The number of hydrogen-bond acceptors (Lipinski definition) is 1. The Morgan fingerprint density at radius 3 is 2.76 bits per heavy atom. The van der Waals surface area contributed by atoms with Gasteiger partial charge < -0.3 is 0 Å². The lowest BCUT2D eigenvalue weighted by Crippen LogP contribution is -2.50. The van der Waals surface area contributed by atoms with Crippen LogP contribution in [0.1, 0.15) is 51.0 Å². The zero-order chi connectivity index (χ0) is 14.9. The zero-order valence-electron chi connectivity index (χ0n) is 12.6. The van der Waals surface area contributed by atoms with Crippen molar-refractivity contribution >= 4 is 29.3 Å². The lowest BCUT2D eigenvalue weighted by atomic mass is 9.85. The minimum atomic E-state index is 0.339. The Morgan fingerprint density at radius 2 is 2.05 bits per heavy atom. The zero-order valence-corrected chi connectivity index (χ0v) is 14.1. The van der Waals surface area contributed by atoms with Gasteiger partial charge in [-0.25, -0.2) is 0 Å². The molecule has 1 saturated carbocycles. The molecule has 1 aromatic carbocycles. The van der Waals surface area contributed by atoms with Crippen molar-refractivity contribution in [2.45, 2.75) is 57.0 Å². The summed E-state index contributed by atoms with van der Waals surface area (Å²) in [5.74, 6) is 0. The van der Waals surface area contributed by atoms with Crippen molar-refractivity contribution in [1.29, 1.82) is 0 Å². The van der Waals surface area contributed by atoms with E-state index >= 15 is 0 Å². The van der Waals surface area contributed by atoms with E-state index in [9.17, 15) is 0 Å². The van der Waals surface area contributed by atoms with E-state index in [-0.39, 0.29) is 0 Å². The molecule has 3 heteroatoms. The number of piperidine rings is 1. The van der Waals surface area contributed by atoms with Crippen LogP contribution in [-0.4, -0.2) is 23.0 Å². The molecule has 1 aromatic rings. The predicted molar refractivity (Wildman–Crippen MR) is 92.1 cm³/mol. The Kier molecular flexibility index (Phi) is 4.63.